The van der Waals surface area contributed by atoms with Crippen molar-refractivity contribution < 1.29 is 0 Å². The second-order valence-electron chi connectivity index (χ2n) is 5.24. The molecule has 0 aromatic heterocycles. The van der Waals surface area contributed by atoms with E-state index in [1.165, 1.54) is 38.9 Å². The van der Waals surface area contributed by atoms with Crippen molar-refractivity contribution in [3.05, 3.63) is 33.8 Å². The quantitative estimate of drug-likeness (QED) is 0.795. The van der Waals surface area contributed by atoms with Crippen LogP contribution in [-0.4, -0.2) is 31.1 Å². The Bertz CT molecular complexity index is 403. The van der Waals surface area contributed by atoms with Gasteiger partial charge in [-0.15, -0.1) is 0 Å². The average Bonchev–Trinajstić information content (AvgIpc) is 2.87. The van der Waals surface area contributed by atoms with Gasteiger partial charge in [0.25, 0.3) is 0 Å². The van der Waals surface area contributed by atoms with E-state index in [-0.39, 0.29) is 6.04 Å². The van der Waals surface area contributed by atoms with Crippen molar-refractivity contribution in [1.82, 2.24) is 10.2 Å². The molecule has 0 saturated carbocycles. The number of rotatable bonds is 6. The molecule has 1 aromatic carbocycles. The molecule has 1 saturated heterocycles. The largest absolute Gasteiger partial charge is 0.310 e. The van der Waals surface area contributed by atoms with Gasteiger partial charge in [-0.05, 0) is 70.1 Å². The summed E-state index contributed by atoms with van der Waals surface area (Å²) < 4.78 is 0. The van der Waals surface area contributed by atoms with Gasteiger partial charge in [0.2, 0.25) is 0 Å². The van der Waals surface area contributed by atoms with E-state index < -0.39 is 0 Å². The first-order chi connectivity index (χ1) is 9.16. The van der Waals surface area contributed by atoms with E-state index >= 15 is 0 Å². The van der Waals surface area contributed by atoms with Crippen molar-refractivity contribution in [2.75, 3.05) is 26.2 Å². The summed E-state index contributed by atoms with van der Waals surface area (Å²) in [6.07, 6.45) is 3.92. The highest BCUT2D eigenvalue weighted by Crippen LogP contribution is 2.25. The summed E-state index contributed by atoms with van der Waals surface area (Å²) in [6.45, 7) is 6.92. The Balaban J connectivity index is 1.72. The Hall–Kier alpha value is -0.280. The Labute approximate surface area is 126 Å². The molecule has 1 unspecified atom stereocenters. The fraction of sp³-hybridized carbons (Fsp3) is 0.600. The number of halogens is 2. The highest BCUT2D eigenvalue weighted by atomic mass is 35.5. The van der Waals surface area contributed by atoms with Gasteiger partial charge in [0.15, 0.2) is 0 Å². The van der Waals surface area contributed by atoms with E-state index in [1.54, 1.807) is 6.07 Å². The molecule has 1 aliphatic heterocycles. The summed E-state index contributed by atoms with van der Waals surface area (Å²) in [5.74, 6) is 0. The summed E-state index contributed by atoms with van der Waals surface area (Å²) in [5, 5.41) is 4.96. The first-order valence-electron chi connectivity index (χ1n) is 7.07. The maximum Gasteiger partial charge on any atom is 0.0468 e. The first kappa shape index (κ1) is 15.1. The lowest BCUT2D eigenvalue weighted by Gasteiger charge is -2.18. The van der Waals surface area contributed by atoms with E-state index in [2.05, 4.69) is 17.1 Å². The zero-order valence-corrected chi connectivity index (χ0v) is 13.0. The average molecular weight is 301 g/mol. The monoisotopic (exact) mass is 300 g/mol. The van der Waals surface area contributed by atoms with Crippen LogP contribution in [0.5, 0.6) is 0 Å². The maximum atomic E-state index is 6.21. The lowest BCUT2D eigenvalue weighted by Crippen LogP contribution is -2.26. The molecule has 0 bridgehead atoms. The predicted molar refractivity (Wildman–Crippen MR) is 83.2 cm³/mol. The second kappa shape index (κ2) is 7.49. The van der Waals surface area contributed by atoms with E-state index in [9.17, 15) is 0 Å². The summed E-state index contributed by atoms with van der Waals surface area (Å²) in [4.78, 5) is 2.54. The third-order valence-electron chi connectivity index (χ3n) is 3.73. The van der Waals surface area contributed by atoms with Crippen LogP contribution < -0.4 is 5.32 Å². The Morgan fingerprint density at radius 3 is 2.68 bits per heavy atom. The van der Waals surface area contributed by atoms with Gasteiger partial charge in [0, 0.05) is 16.1 Å². The normalized spacial score (nSPS) is 17.8. The minimum absolute atomic E-state index is 0.267. The topological polar surface area (TPSA) is 15.3 Å². The van der Waals surface area contributed by atoms with Gasteiger partial charge in [-0.25, -0.2) is 0 Å². The highest BCUT2D eigenvalue weighted by Gasteiger charge is 2.12. The molecular formula is C15H22Cl2N2. The Morgan fingerprint density at radius 1 is 1.26 bits per heavy atom. The minimum atomic E-state index is 0.267. The van der Waals surface area contributed by atoms with Crippen molar-refractivity contribution in [3.63, 3.8) is 0 Å². The van der Waals surface area contributed by atoms with Crippen LogP contribution in [0.25, 0.3) is 0 Å². The zero-order valence-electron chi connectivity index (χ0n) is 11.5. The summed E-state index contributed by atoms with van der Waals surface area (Å²) >= 11 is 12.1. The van der Waals surface area contributed by atoms with Crippen molar-refractivity contribution in [2.24, 2.45) is 0 Å². The Morgan fingerprint density at radius 2 is 2.00 bits per heavy atom. The molecule has 1 fully saturated rings. The fourth-order valence-electron chi connectivity index (χ4n) is 2.59. The van der Waals surface area contributed by atoms with Gasteiger partial charge in [0.05, 0.1) is 0 Å². The number of likely N-dealkylation sites (tertiary alicyclic amines) is 1. The van der Waals surface area contributed by atoms with Crippen molar-refractivity contribution in [3.8, 4) is 0 Å². The van der Waals surface area contributed by atoms with Gasteiger partial charge in [-0.2, -0.15) is 0 Å². The van der Waals surface area contributed by atoms with Crippen LogP contribution >= 0.6 is 23.2 Å². The lowest BCUT2D eigenvalue weighted by molar-refractivity contribution is 0.328. The number of hydrogen-bond donors (Lipinski definition) is 1. The molecule has 0 spiro atoms. The molecule has 1 atom stereocenters. The number of nitrogens with one attached hydrogen (secondary N) is 1. The third kappa shape index (κ3) is 4.64. The molecular weight excluding hydrogens is 279 g/mol. The van der Waals surface area contributed by atoms with E-state index in [0.29, 0.717) is 5.02 Å². The van der Waals surface area contributed by atoms with Crippen LogP contribution in [0.2, 0.25) is 10.0 Å². The van der Waals surface area contributed by atoms with Gasteiger partial charge in [0.1, 0.15) is 0 Å². The van der Waals surface area contributed by atoms with Gasteiger partial charge in [-0.1, -0.05) is 29.3 Å². The van der Waals surface area contributed by atoms with Gasteiger partial charge in [-0.3, -0.25) is 0 Å². The molecule has 4 heteroatoms. The summed E-state index contributed by atoms with van der Waals surface area (Å²) in [6, 6.07) is 5.97. The molecule has 2 rings (SSSR count). The van der Waals surface area contributed by atoms with Crippen molar-refractivity contribution in [2.45, 2.75) is 32.2 Å². The maximum absolute atomic E-state index is 6.21. The molecule has 1 N–H and O–H groups in total. The lowest BCUT2D eigenvalue weighted by atomic mass is 10.1. The summed E-state index contributed by atoms with van der Waals surface area (Å²) in [7, 11) is 0. The van der Waals surface area contributed by atoms with Crippen LogP contribution in [0.15, 0.2) is 18.2 Å². The van der Waals surface area contributed by atoms with Crippen molar-refractivity contribution >= 4 is 23.2 Å². The number of nitrogens with zero attached hydrogens (tertiary/aromatic N) is 1. The Kier molecular flexibility index (Phi) is 5.96. The van der Waals surface area contributed by atoms with Crippen LogP contribution in [0.4, 0.5) is 0 Å². The highest BCUT2D eigenvalue weighted by molar-refractivity contribution is 6.35. The third-order valence-corrected chi connectivity index (χ3v) is 4.29. The smallest absolute Gasteiger partial charge is 0.0468 e. The molecule has 1 heterocycles. The number of benzene rings is 1. The fourth-order valence-corrected chi connectivity index (χ4v) is 3.16. The molecule has 0 radical (unpaired) electrons. The van der Waals surface area contributed by atoms with Crippen LogP contribution in [0.3, 0.4) is 0 Å². The first-order valence-corrected chi connectivity index (χ1v) is 7.83. The van der Waals surface area contributed by atoms with Crippen LogP contribution in [0, 0.1) is 0 Å². The second-order valence-corrected chi connectivity index (χ2v) is 6.09. The molecule has 1 aromatic rings. The minimum Gasteiger partial charge on any atom is -0.310 e. The molecule has 0 amide bonds. The van der Waals surface area contributed by atoms with Gasteiger partial charge < -0.3 is 10.2 Å². The van der Waals surface area contributed by atoms with E-state index in [4.69, 9.17) is 23.2 Å². The summed E-state index contributed by atoms with van der Waals surface area (Å²) in [5.41, 5.74) is 1.12. The van der Waals surface area contributed by atoms with E-state index in [1.807, 2.05) is 12.1 Å². The zero-order chi connectivity index (χ0) is 13.7. The van der Waals surface area contributed by atoms with Gasteiger partial charge >= 0.3 is 0 Å². The standard InChI is InChI=1S/C15H22Cl2N2/c1-12(14-6-5-13(16)11-15(14)17)18-7-4-10-19-8-2-3-9-19/h5-6,11-12,18H,2-4,7-10H2,1H3. The number of hydrogen-bond acceptors (Lipinski definition) is 2. The van der Waals surface area contributed by atoms with Crippen LogP contribution in [0.1, 0.15) is 37.8 Å². The molecule has 1 aliphatic rings. The van der Waals surface area contributed by atoms with E-state index in [0.717, 1.165) is 17.1 Å². The van der Waals surface area contributed by atoms with Crippen LogP contribution in [-0.2, 0) is 0 Å². The molecule has 2 nitrogen and oxygen atoms in total. The molecule has 0 aliphatic carbocycles. The molecule has 19 heavy (non-hydrogen) atoms. The SMILES string of the molecule is CC(NCCCN1CCCC1)c1ccc(Cl)cc1Cl. The molecule has 106 valence electrons. The van der Waals surface area contributed by atoms with Crippen molar-refractivity contribution in [1.29, 1.82) is 0 Å². The predicted octanol–water partition coefficient (Wildman–Crippen LogP) is 4.13.